The summed E-state index contributed by atoms with van der Waals surface area (Å²) in [6, 6.07) is 5.25. The van der Waals surface area contributed by atoms with Gasteiger partial charge in [-0.1, -0.05) is 6.92 Å². The van der Waals surface area contributed by atoms with E-state index in [4.69, 9.17) is 4.74 Å². The van der Waals surface area contributed by atoms with Crippen LogP contribution in [0.25, 0.3) is 0 Å². The average Bonchev–Trinajstić information content (AvgIpc) is 2.48. The Morgan fingerprint density at radius 3 is 2.90 bits per heavy atom. The molecular weight excluding hydrogens is 256 g/mol. The highest BCUT2D eigenvalue weighted by Crippen LogP contribution is 2.34. The maximum Gasteiger partial charge on any atom is 0.233 e. The number of nitrogens with one attached hydrogen (secondary N) is 2. The Hall–Kier alpha value is -2.04. The van der Waals surface area contributed by atoms with Gasteiger partial charge in [0, 0.05) is 18.2 Å². The second kappa shape index (κ2) is 5.53. The van der Waals surface area contributed by atoms with Crippen molar-refractivity contribution in [3.05, 3.63) is 18.2 Å². The molecule has 5 nitrogen and oxygen atoms in total. The summed E-state index contributed by atoms with van der Waals surface area (Å²) in [6.07, 6.45) is 1.29. The average molecular weight is 276 g/mol. The lowest BCUT2D eigenvalue weighted by Gasteiger charge is -2.18. The molecule has 108 valence electrons. The number of carbonyl (C=O) groups is 2. The van der Waals surface area contributed by atoms with Gasteiger partial charge in [-0.15, -0.1) is 0 Å². The zero-order valence-electron chi connectivity index (χ0n) is 12.1. The van der Waals surface area contributed by atoms with Crippen LogP contribution < -0.4 is 15.4 Å². The lowest BCUT2D eigenvalue weighted by Crippen LogP contribution is -2.33. The second-order valence-corrected chi connectivity index (χ2v) is 5.64. The normalized spacial score (nSPS) is 16.4. The van der Waals surface area contributed by atoms with Gasteiger partial charge in [-0.3, -0.25) is 9.59 Å². The minimum Gasteiger partial charge on any atom is -0.490 e. The quantitative estimate of drug-likeness (QED) is 0.892. The highest BCUT2D eigenvalue weighted by molar-refractivity contribution is 5.98. The van der Waals surface area contributed by atoms with Gasteiger partial charge in [-0.25, -0.2) is 0 Å². The van der Waals surface area contributed by atoms with Gasteiger partial charge in [0.1, 0.15) is 12.4 Å². The van der Waals surface area contributed by atoms with Crippen molar-refractivity contribution >= 4 is 23.2 Å². The zero-order chi connectivity index (χ0) is 14.8. The van der Waals surface area contributed by atoms with Crippen LogP contribution in [-0.4, -0.2) is 18.4 Å². The van der Waals surface area contributed by atoms with Gasteiger partial charge >= 0.3 is 0 Å². The summed E-state index contributed by atoms with van der Waals surface area (Å²) < 4.78 is 5.68. The molecule has 2 rings (SSSR count). The van der Waals surface area contributed by atoms with E-state index in [2.05, 4.69) is 10.6 Å². The highest BCUT2D eigenvalue weighted by Gasteiger charge is 2.32. The van der Waals surface area contributed by atoms with Crippen molar-refractivity contribution < 1.29 is 14.3 Å². The number of carbonyl (C=O) groups excluding carboxylic acids is 2. The zero-order valence-corrected chi connectivity index (χ0v) is 12.1. The van der Waals surface area contributed by atoms with E-state index in [1.165, 1.54) is 0 Å². The number of rotatable bonds is 3. The topological polar surface area (TPSA) is 67.4 Å². The predicted molar refractivity (Wildman–Crippen MR) is 77.9 cm³/mol. The molecule has 0 bridgehead atoms. The Bertz CT molecular complexity index is 538. The van der Waals surface area contributed by atoms with E-state index in [-0.39, 0.29) is 11.8 Å². The Kier molecular flexibility index (Phi) is 3.97. The number of hydrogen-bond acceptors (Lipinski definition) is 3. The van der Waals surface area contributed by atoms with E-state index < -0.39 is 5.41 Å². The Labute approximate surface area is 118 Å². The summed E-state index contributed by atoms with van der Waals surface area (Å²) in [5.74, 6) is 0.489. The van der Waals surface area contributed by atoms with Crippen LogP contribution in [0.3, 0.4) is 0 Å². The van der Waals surface area contributed by atoms with Gasteiger partial charge in [0.05, 0.1) is 11.1 Å². The Morgan fingerprint density at radius 1 is 1.45 bits per heavy atom. The first kappa shape index (κ1) is 14.4. The van der Waals surface area contributed by atoms with Gasteiger partial charge in [0.25, 0.3) is 0 Å². The van der Waals surface area contributed by atoms with Crippen LogP contribution in [0.5, 0.6) is 5.75 Å². The highest BCUT2D eigenvalue weighted by atomic mass is 16.5. The molecule has 20 heavy (non-hydrogen) atoms. The van der Waals surface area contributed by atoms with Crippen molar-refractivity contribution in [1.82, 2.24) is 0 Å². The fraction of sp³-hybridized carbons (Fsp3) is 0.467. The first-order valence-electron chi connectivity index (χ1n) is 6.80. The van der Waals surface area contributed by atoms with Crippen LogP contribution >= 0.6 is 0 Å². The number of ether oxygens (including phenoxy) is 1. The van der Waals surface area contributed by atoms with E-state index in [0.29, 0.717) is 30.2 Å². The van der Waals surface area contributed by atoms with Gasteiger partial charge in [0.2, 0.25) is 11.8 Å². The van der Waals surface area contributed by atoms with Crippen LogP contribution in [0.15, 0.2) is 18.2 Å². The molecule has 1 aliphatic heterocycles. The molecule has 2 N–H and O–H groups in total. The third-order valence-electron chi connectivity index (χ3n) is 3.19. The van der Waals surface area contributed by atoms with Gasteiger partial charge in [-0.2, -0.15) is 0 Å². The molecule has 0 spiro atoms. The van der Waals surface area contributed by atoms with Crippen molar-refractivity contribution in [2.24, 2.45) is 5.41 Å². The number of benzene rings is 1. The fourth-order valence-corrected chi connectivity index (χ4v) is 1.89. The molecule has 0 unspecified atom stereocenters. The lowest BCUT2D eigenvalue weighted by molar-refractivity contribution is -0.125. The monoisotopic (exact) mass is 276 g/mol. The summed E-state index contributed by atoms with van der Waals surface area (Å²) in [5, 5.41) is 5.66. The van der Waals surface area contributed by atoms with Crippen LogP contribution in [-0.2, 0) is 9.59 Å². The van der Waals surface area contributed by atoms with E-state index >= 15 is 0 Å². The fourth-order valence-electron chi connectivity index (χ4n) is 1.89. The standard InChI is InChI=1S/C15H20N2O3/c1-4-5-13(18)16-10-6-7-11-12(8-10)20-9-15(2,3)14(19)17-11/h6-8H,4-5,9H2,1-3H3,(H,16,18)(H,17,19). The number of fused-ring (bicyclic) bond motifs is 1. The largest absolute Gasteiger partial charge is 0.490 e. The molecule has 0 radical (unpaired) electrons. The van der Waals surface area contributed by atoms with Crippen LogP contribution in [0, 0.1) is 5.41 Å². The molecule has 1 aromatic rings. The van der Waals surface area contributed by atoms with E-state index in [0.717, 1.165) is 6.42 Å². The molecule has 0 aliphatic carbocycles. The predicted octanol–water partition coefficient (Wildman–Crippen LogP) is 2.78. The molecule has 2 amide bonds. The van der Waals surface area contributed by atoms with Crippen molar-refractivity contribution in [3.8, 4) is 5.75 Å². The molecule has 0 aromatic heterocycles. The maximum atomic E-state index is 12.0. The maximum absolute atomic E-state index is 12.0. The summed E-state index contributed by atoms with van der Waals surface area (Å²) in [4.78, 5) is 23.6. The van der Waals surface area contributed by atoms with Crippen molar-refractivity contribution in [2.45, 2.75) is 33.6 Å². The summed E-state index contributed by atoms with van der Waals surface area (Å²) in [6.45, 7) is 5.92. The van der Waals surface area contributed by atoms with E-state index in [1.807, 2.05) is 20.8 Å². The molecular formula is C15H20N2O3. The Balaban J connectivity index is 2.19. The van der Waals surface area contributed by atoms with Crippen molar-refractivity contribution in [3.63, 3.8) is 0 Å². The minimum atomic E-state index is -0.579. The van der Waals surface area contributed by atoms with Crippen molar-refractivity contribution in [1.29, 1.82) is 0 Å². The third kappa shape index (κ3) is 3.10. The second-order valence-electron chi connectivity index (χ2n) is 5.64. The molecule has 1 aromatic carbocycles. The van der Waals surface area contributed by atoms with Gasteiger partial charge in [-0.05, 0) is 32.4 Å². The molecule has 5 heteroatoms. The van der Waals surface area contributed by atoms with Gasteiger partial charge in [0.15, 0.2) is 0 Å². The first-order chi connectivity index (χ1) is 9.42. The minimum absolute atomic E-state index is 0.0227. The number of amides is 2. The smallest absolute Gasteiger partial charge is 0.233 e. The van der Waals surface area contributed by atoms with Crippen LogP contribution in [0.1, 0.15) is 33.6 Å². The summed E-state index contributed by atoms with van der Waals surface area (Å²) >= 11 is 0. The molecule has 0 saturated heterocycles. The molecule has 0 fully saturated rings. The Morgan fingerprint density at radius 2 is 2.20 bits per heavy atom. The summed E-state index contributed by atoms with van der Waals surface area (Å²) in [7, 11) is 0. The molecule has 0 atom stereocenters. The molecule has 0 saturated carbocycles. The van der Waals surface area contributed by atoms with E-state index in [9.17, 15) is 9.59 Å². The first-order valence-corrected chi connectivity index (χ1v) is 6.80. The lowest BCUT2D eigenvalue weighted by atomic mass is 9.94. The number of anilines is 2. The van der Waals surface area contributed by atoms with Crippen molar-refractivity contribution in [2.75, 3.05) is 17.2 Å². The summed E-state index contributed by atoms with van der Waals surface area (Å²) in [5.41, 5.74) is 0.732. The SMILES string of the molecule is CCCC(=O)Nc1ccc2c(c1)OCC(C)(C)C(=O)N2. The number of hydrogen-bond donors (Lipinski definition) is 2. The molecule has 1 heterocycles. The molecule has 1 aliphatic rings. The van der Waals surface area contributed by atoms with E-state index in [1.54, 1.807) is 18.2 Å². The van der Waals surface area contributed by atoms with Crippen LogP contribution in [0.2, 0.25) is 0 Å². The van der Waals surface area contributed by atoms with Gasteiger partial charge < -0.3 is 15.4 Å². The third-order valence-corrected chi connectivity index (χ3v) is 3.19. The van der Waals surface area contributed by atoms with Crippen LogP contribution in [0.4, 0.5) is 11.4 Å².